The number of anilines is 1. The summed E-state index contributed by atoms with van der Waals surface area (Å²) in [6.07, 6.45) is 3.06. The van der Waals surface area contributed by atoms with E-state index >= 15 is 0 Å². The lowest BCUT2D eigenvalue weighted by atomic mass is 9.74. The first-order chi connectivity index (χ1) is 12.7. The zero-order valence-corrected chi connectivity index (χ0v) is 18.1. The summed E-state index contributed by atoms with van der Waals surface area (Å²) in [6, 6.07) is 5.20. The van der Waals surface area contributed by atoms with E-state index in [1.165, 1.54) is 17.5 Å². The number of carbonyl (C=O) groups is 1. The largest absolute Gasteiger partial charge is 0.386 e. The number of aliphatic hydroxyl groups is 1. The third-order valence-corrected chi connectivity index (χ3v) is 7.71. The minimum Gasteiger partial charge on any atom is -0.386 e. The fourth-order valence-corrected chi connectivity index (χ4v) is 5.49. The molecule has 27 heavy (non-hydrogen) atoms. The Labute approximate surface area is 177 Å². The maximum atomic E-state index is 12.5. The molecule has 1 aromatic heterocycles. The lowest BCUT2D eigenvalue weighted by Gasteiger charge is -2.40. The number of amides is 1. The van der Waals surface area contributed by atoms with Gasteiger partial charge in [0, 0.05) is 15.7 Å². The van der Waals surface area contributed by atoms with Crippen LogP contribution in [0.25, 0.3) is 0 Å². The molecule has 0 bridgehead atoms. The molecule has 2 N–H and O–H groups in total. The van der Waals surface area contributed by atoms with E-state index in [9.17, 15) is 9.90 Å². The molecule has 1 amide bonds. The van der Waals surface area contributed by atoms with E-state index in [1.807, 2.05) is 13.8 Å². The lowest BCUT2D eigenvalue weighted by Crippen LogP contribution is -2.41. The molecule has 1 fully saturated rings. The van der Waals surface area contributed by atoms with Crippen LogP contribution in [0.15, 0.2) is 41.4 Å². The molecule has 3 atom stereocenters. The Morgan fingerprint density at radius 3 is 2.85 bits per heavy atom. The van der Waals surface area contributed by atoms with Gasteiger partial charge in [-0.1, -0.05) is 48.0 Å². The average molecular weight is 443 g/mol. The van der Waals surface area contributed by atoms with Crippen molar-refractivity contribution in [2.45, 2.75) is 42.4 Å². The van der Waals surface area contributed by atoms with Crippen LogP contribution < -0.4 is 5.32 Å². The number of benzene rings is 1. The van der Waals surface area contributed by atoms with Gasteiger partial charge in [0.05, 0.1) is 16.8 Å². The van der Waals surface area contributed by atoms with Crippen LogP contribution in [0.5, 0.6) is 0 Å². The van der Waals surface area contributed by atoms with Gasteiger partial charge in [0.2, 0.25) is 0 Å². The Bertz CT molecular complexity index is 882. The standard InChI is InChI=1S/C19H20Cl2N2O2S2/c1-10-6-13(7-11(2)19(10,3)25)26-15-8-12(4-5-14(15)20)17(24)23-18-22-9-16(21)27-18/h4-5,8-9,11,13,25H,1,6-7H2,2-3H3,(H,22,23,24)/t11?,13-,19-/m0/s1. The van der Waals surface area contributed by atoms with Crippen molar-refractivity contribution in [3.05, 3.63) is 51.5 Å². The average Bonchev–Trinajstić information content (AvgIpc) is 3.00. The molecule has 1 saturated carbocycles. The number of hydrogen-bond donors (Lipinski definition) is 2. The van der Waals surface area contributed by atoms with Gasteiger partial charge in [0.25, 0.3) is 5.91 Å². The zero-order valence-electron chi connectivity index (χ0n) is 15.0. The lowest BCUT2D eigenvalue weighted by molar-refractivity contribution is 0.0237. The van der Waals surface area contributed by atoms with Crippen LogP contribution in [-0.2, 0) is 0 Å². The van der Waals surface area contributed by atoms with Gasteiger partial charge in [-0.25, -0.2) is 4.98 Å². The molecule has 0 radical (unpaired) electrons. The Kier molecular flexibility index (Phi) is 6.23. The second-order valence-electron chi connectivity index (χ2n) is 6.90. The second-order valence-corrected chi connectivity index (χ2v) is 10.3. The van der Waals surface area contributed by atoms with Crippen LogP contribution in [0.4, 0.5) is 5.13 Å². The summed E-state index contributed by atoms with van der Waals surface area (Å²) in [7, 11) is 0. The number of thiazole rings is 1. The van der Waals surface area contributed by atoms with Crippen molar-refractivity contribution in [2.75, 3.05) is 5.32 Å². The summed E-state index contributed by atoms with van der Waals surface area (Å²) in [5.41, 5.74) is 0.504. The fraction of sp³-hybridized carbons (Fsp3) is 0.368. The Balaban J connectivity index is 1.74. The summed E-state index contributed by atoms with van der Waals surface area (Å²) >= 11 is 15.0. The predicted octanol–water partition coefficient (Wildman–Crippen LogP) is 5.90. The molecule has 1 unspecified atom stereocenters. The third kappa shape index (κ3) is 4.69. The van der Waals surface area contributed by atoms with Crippen LogP contribution in [0.2, 0.25) is 9.36 Å². The van der Waals surface area contributed by atoms with E-state index in [2.05, 4.69) is 16.9 Å². The number of aromatic nitrogens is 1. The molecule has 1 aliphatic rings. The quantitative estimate of drug-likeness (QED) is 0.578. The third-order valence-electron chi connectivity index (χ3n) is 4.95. The van der Waals surface area contributed by atoms with Crippen molar-refractivity contribution >= 4 is 57.3 Å². The maximum absolute atomic E-state index is 12.5. The highest BCUT2D eigenvalue weighted by molar-refractivity contribution is 8.00. The molecule has 1 aliphatic carbocycles. The number of nitrogens with zero attached hydrogens (tertiary/aromatic N) is 1. The van der Waals surface area contributed by atoms with Crippen molar-refractivity contribution in [3.8, 4) is 0 Å². The smallest absolute Gasteiger partial charge is 0.257 e. The van der Waals surface area contributed by atoms with E-state index < -0.39 is 5.60 Å². The Morgan fingerprint density at radius 2 is 2.22 bits per heavy atom. The molecular weight excluding hydrogens is 423 g/mol. The summed E-state index contributed by atoms with van der Waals surface area (Å²) < 4.78 is 0.514. The van der Waals surface area contributed by atoms with E-state index in [4.69, 9.17) is 23.2 Å². The molecule has 1 heterocycles. The monoisotopic (exact) mass is 442 g/mol. The molecule has 0 spiro atoms. The molecule has 3 rings (SSSR count). The van der Waals surface area contributed by atoms with Crippen molar-refractivity contribution in [1.29, 1.82) is 0 Å². The maximum Gasteiger partial charge on any atom is 0.257 e. The molecule has 0 saturated heterocycles. The van der Waals surface area contributed by atoms with Crippen molar-refractivity contribution in [2.24, 2.45) is 5.92 Å². The van der Waals surface area contributed by atoms with Gasteiger partial charge in [0.15, 0.2) is 5.13 Å². The van der Waals surface area contributed by atoms with E-state index in [1.54, 1.807) is 30.0 Å². The number of rotatable bonds is 4. The van der Waals surface area contributed by atoms with Gasteiger partial charge in [-0.2, -0.15) is 0 Å². The highest BCUT2D eigenvalue weighted by Crippen LogP contribution is 2.44. The molecular formula is C19H20Cl2N2O2S2. The molecule has 8 heteroatoms. The van der Waals surface area contributed by atoms with Crippen molar-refractivity contribution in [3.63, 3.8) is 0 Å². The Hall–Kier alpha value is -1.05. The molecule has 144 valence electrons. The molecule has 1 aromatic carbocycles. The van der Waals surface area contributed by atoms with Gasteiger partial charge in [-0.15, -0.1) is 11.8 Å². The minimum absolute atomic E-state index is 0.108. The van der Waals surface area contributed by atoms with E-state index in [0.717, 1.165) is 16.9 Å². The first kappa shape index (κ1) is 20.7. The van der Waals surface area contributed by atoms with Crippen molar-refractivity contribution < 1.29 is 9.90 Å². The summed E-state index contributed by atoms with van der Waals surface area (Å²) in [4.78, 5) is 17.4. The topological polar surface area (TPSA) is 62.2 Å². The van der Waals surface area contributed by atoms with Crippen molar-refractivity contribution in [1.82, 2.24) is 4.98 Å². The van der Waals surface area contributed by atoms with Gasteiger partial charge in [-0.3, -0.25) is 10.1 Å². The second kappa shape index (κ2) is 8.13. The first-order valence-electron chi connectivity index (χ1n) is 8.46. The van der Waals surface area contributed by atoms with Crippen LogP contribution >= 0.6 is 46.3 Å². The number of thioether (sulfide) groups is 1. The predicted molar refractivity (Wildman–Crippen MR) is 114 cm³/mol. The van der Waals surface area contributed by atoms with Gasteiger partial charge in [0.1, 0.15) is 4.34 Å². The molecule has 0 aliphatic heterocycles. The van der Waals surface area contributed by atoms with Gasteiger partial charge >= 0.3 is 0 Å². The van der Waals surface area contributed by atoms with Crippen LogP contribution in [0.1, 0.15) is 37.0 Å². The zero-order chi connectivity index (χ0) is 19.8. The number of carbonyl (C=O) groups excluding carboxylic acids is 1. The van der Waals surface area contributed by atoms with Gasteiger partial charge in [-0.05, 0) is 49.5 Å². The number of nitrogens with one attached hydrogen (secondary N) is 1. The summed E-state index contributed by atoms with van der Waals surface area (Å²) in [6.45, 7) is 7.90. The van der Waals surface area contributed by atoms with Crippen LogP contribution in [0, 0.1) is 5.92 Å². The SMILES string of the molecule is C=C1C[C@H](Sc2cc(C(=O)Nc3ncc(Cl)s3)ccc2Cl)CC(C)[C@@]1(C)O. The fourth-order valence-electron chi connectivity index (χ4n) is 3.02. The van der Waals surface area contributed by atoms with E-state index in [-0.39, 0.29) is 17.1 Å². The first-order valence-corrected chi connectivity index (χ1v) is 10.9. The van der Waals surface area contributed by atoms with E-state index in [0.29, 0.717) is 26.5 Å². The number of halogens is 2. The normalized spacial score (nSPS) is 25.4. The molecule has 2 aromatic rings. The summed E-state index contributed by atoms with van der Waals surface area (Å²) in [5.74, 6) is -0.153. The minimum atomic E-state index is -0.836. The van der Waals surface area contributed by atoms with Gasteiger partial charge < -0.3 is 5.11 Å². The van der Waals surface area contributed by atoms with Crippen LogP contribution in [-0.4, -0.2) is 26.8 Å². The highest BCUT2D eigenvalue weighted by atomic mass is 35.5. The number of hydrogen-bond acceptors (Lipinski definition) is 5. The molecule has 4 nitrogen and oxygen atoms in total. The highest BCUT2D eigenvalue weighted by Gasteiger charge is 2.38. The summed E-state index contributed by atoms with van der Waals surface area (Å²) in [5, 5.41) is 14.6. The van der Waals surface area contributed by atoms with Crippen LogP contribution in [0.3, 0.4) is 0 Å². The Morgan fingerprint density at radius 1 is 1.48 bits per heavy atom.